The van der Waals surface area contributed by atoms with Crippen molar-refractivity contribution in [2.75, 3.05) is 39.9 Å². The maximum Gasteiger partial charge on any atom is 0.264 e. The number of ether oxygens (including phenoxy) is 1. The maximum atomic E-state index is 12.3. The Bertz CT molecular complexity index is 819. The Balaban J connectivity index is 1.56. The average Bonchev–Trinajstić information content (AvgIpc) is 3.26. The predicted molar refractivity (Wildman–Crippen MR) is 99.5 cm³/mol. The van der Waals surface area contributed by atoms with Gasteiger partial charge in [-0.3, -0.25) is 9.59 Å². The van der Waals surface area contributed by atoms with Crippen LogP contribution in [-0.4, -0.2) is 65.7 Å². The van der Waals surface area contributed by atoms with Crippen molar-refractivity contribution in [1.29, 1.82) is 0 Å². The van der Waals surface area contributed by atoms with Crippen molar-refractivity contribution in [3.63, 3.8) is 0 Å². The van der Waals surface area contributed by atoms with Crippen LogP contribution in [0, 0.1) is 12.8 Å². The standard InChI is InChI=1S/C17H23N5O3S/c1-11-20-14(10-26-11)15-18-8-13(17(24)21-15)16(23)19-7-12-3-4-22(9-12)5-6-25-2/h8,10,12H,3-7,9H2,1-2H3,(H,19,23)(H,18,21,24). The van der Waals surface area contributed by atoms with E-state index in [9.17, 15) is 9.59 Å². The van der Waals surface area contributed by atoms with Gasteiger partial charge in [0.2, 0.25) is 0 Å². The molecule has 140 valence electrons. The number of carbonyl (C=O) groups is 1. The lowest BCUT2D eigenvalue weighted by atomic mass is 10.1. The molecule has 0 saturated carbocycles. The first-order valence-electron chi connectivity index (χ1n) is 8.58. The molecule has 1 fully saturated rings. The molecule has 0 spiro atoms. The summed E-state index contributed by atoms with van der Waals surface area (Å²) in [4.78, 5) is 38.0. The highest BCUT2D eigenvalue weighted by Gasteiger charge is 2.23. The molecule has 1 aliphatic rings. The average molecular weight is 377 g/mol. The summed E-state index contributed by atoms with van der Waals surface area (Å²) >= 11 is 1.48. The van der Waals surface area contributed by atoms with Gasteiger partial charge in [0, 0.05) is 38.3 Å². The highest BCUT2D eigenvalue weighted by atomic mass is 32.1. The normalized spacial score (nSPS) is 17.5. The third kappa shape index (κ3) is 4.54. The third-order valence-electron chi connectivity index (χ3n) is 4.44. The van der Waals surface area contributed by atoms with Gasteiger partial charge in [0.25, 0.3) is 11.5 Å². The van der Waals surface area contributed by atoms with Gasteiger partial charge < -0.3 is 19.9 Å². The van der Waals surface area contributed by atoms with Gasteiger partial charge in [-0.15, -0.1) is 11.3 Å². The molecule has 2 N–H and O–H groups in total. The largest absolute Gasteiger partial charge is 0.383 e. The topological polar surface area (TPSA) is 100 Å². The molecule has 1 saturated heterocycles. The van der Waals surface area contributed by atoms with Crippen LogP contribution < -0.4 is 10.9 Å². The van der Waals surface area contributed by atoms with Crippen molar-refractivity contribution in [2.24, 2.45) is 5.92 Å². The quantitative estimate of drug-likeness (QED) is 0.744. The Labute approximate surface area is 155 Å². The minimum Gasteiger partial charge on any atom is -0.383 e. The molecule has 0 aliphatic carbocycles. The Morgan fingerprint density at radius 1 is 1.54 bits per heavy atom. The number of carbonyl (C=O) groups excluding carboxylic acids is 1. The van der Waals surface area contributed by atoms with Gasteiger partial charge in [-0.1, -0.05) is 0 Å². The van der Waals surface area contributed by atoms with Gasteiger partial charge in [0.15, 0.2) is 5.82 Å². The molecule has 0 bridgehead atoms. The number of aromatic nitrogens is 3. The van der Waals surface area contributed by atoms with Crippen molar-refractivity contribution < 1.29 is 9.53 Å². The van der Waals surface area contributed by atoms with Crippen LogP contribution in [-0.2, 0) is 4.74 Å². The monoisotopic (exact) mass is 377 g/mol. The number of rotatable bonds is 7. The number of thiazole rings is 1. The number of hydrogen-bond donors (Lipinski definition) is 2. The molecule has 3 rings (SSSR count). The molecule has 9 heteroatoms. The molecule has 2 aromatic heterocycles. The van der Waals surface area contributed by atoms with Crippen molar-refractivity contribution in [3.8, 4) is 11.5 Å². The number of methoxy groups -OCH3 is 1. The minimum absolute atomic E-state index is 0.0231. The Morgan fingerprint density at radius 2 is 2.38 bits per heavy atom. The minimum atomic E-state index is -0.453. The van der Waals surface area contributed by atoms with Gasteiger partial charge in [-0.2, -0.15) is 0 Å². The number of aryl methyl sites for hydroxylation is 1. The first kappa shape index (κ1) is 18.7. The van der Waals surface area contributed by atoms with Crippen molar-refractivity contribution in [3.05, 3.63) is 32.5 Å². The van der Waals surface area contributed by atoms with Gasteiger partial charge in [0.05, 0.1) is 11.6 Å². The number of likely N-dealkylation sites (tertiary alicyclic amines) is 1. The summed E-state index contributed by atoms with van der Waals surface area (Å²) in [6.45, 7) is 5.99. The van der Waals surface area contributed by atoms with E-state index in [4.69, 9.17) is 4.74 Å². The zero-order chi connectivity index (χ0) is 18.5. The molecule has 8 nitrogen and oxygen atoms in total. The second-order valence-corrected chi connectivity index (χ2v) is 7.45. The first-order valence-corrected chi connectivity index (χ1v) is 9.46. The van der Waals surface area contributed by atoms with Crippen LogP contribution in [0.3, 0.4) is 0 Å². The number of amides is 1. The molecular formula is C17H23N5O3S. The van der Waals surface area contributed by atoms with E-state index >= 15 is 0 Å². The fourth-order valence-electron chi connectivity index (χ4n) is 2.99. The Morgan fingerprint density at radius 3 is 3.08 bits per heavy atom. The summed E-state index contributed by atoms with van der Waals surface area (Å²) < 4.78 is 5.09. The summed E-state index contributed by atoms with van der Waals surface area (Å²) in [6.07, 6.45) is 2.35. The summed E-state index contributed by atoms with van der Waals surface area (Å²) in [5, 5.41) is 5.56. The summed E-state index contributed by atoms with van der Waals surface area (Å²) in [5.74, 6) is 0.371. The predicted octanol–water partition coefficient (Wildman–Crippen LogP) is 0.900. The van der Waals surface area contributed by atoms with Crippen LogP contribution >= 0.6 is 11.3 Å². The smallest absolute Gasteiger partial charge is 0.264 e. The second kappa shape index (κ2) is 8.52. The van der Waals surface area contributed by atoms with Gasteiger partial charge in [-0.05, 0) is 25.8 Å². The molecule has 1 atom stereocenters. The van der Waals surface area contributed by atoms with Gasteiger partial charge in [-0.25, -0.2) is 9.97 Å². The van der Waals surface area contributed by atoms with E-state index in [1.807, 2.05) is 12.3 Å². The van der Waals surface area contributed by atoms with Gasteiger partial charge in [0.1, 0.15) is 11.3 Å². The lowest BCUT2D eigenvalue weighted by Gasteiger charge is -2.15. The van der Waals surface area contributed by atoms with E-state index in [0.717, 1.165) is 31.1 Å². The van der Waals surface area contributed by atoms with Crippen molar-refractivity contribution >= 4 is 17.2 Å². The molecular weight excluding hydrogens is 354 g/mol. The second-order valence-electron chi connectivity index (χ2n) is 6.38. The van der Waals surface area contributed by atoms with E-state index in [-0.39, 0.29) is 5.56 Å². The third-order valence-corrected chi connectivity index (χ3v) is 5.21. The van der Waals surface area contributed by atoms with E-state index in [0.29, 0.717) is 30.6 Å². The fourth-order valence-corrected chi connectivity index (χ4v) is 3.59. The Kier molecular flexibility index (Phi) is 6.12. The van der Waals surface area contributed by atoms with E-state index in [2.05, 4.69) is 25.2 Å². The lowest BCUT2D eigenvalue weighted by Crippen LogP contribution is -2.34. The lowest BCUT2D eigenvalue weighted by molar-refractivity contribution is 0.0945. The SMILES string of the molecule is COCCN1CCC(CNC(=O)c2cnc(-c3csc(C)n3)[nH]c2=O)C1. The number of nitrogens with one attached hydrogen (secondary N) is 2. The summed E-state index contributed by atoms with van der Waals surface area (Å²) in [7, 11) is 1.69. The van der Waals surface area contributed by atoms with Crippen LogP contribution in [0.5, 0.6) is 0 Å². The molecule has 0 radical (unpaired) electrons. The summed E-state index contributed by atoms with van der Waals surface area (Å²) in [5.41, 5.74) is 0.180. The van der Waals surface area contributed by atoms with Crippen LogP contribution in [0.2, 0.25) is 0 Å². The van der Waals surface area contributed by atoms with E-state index < -0.39 is 11.5 Å². The molecule has 2 aromatic rings. The highest BCUT2D eigenvalue weighted by molar-refractivity contribution is 7.09. The number of hydrogen-bond acceptors (Lipinski definition) is 7. The van der Waals surface area contributed by atoms with Gasteiger partial charge >= 0.3 is 0 Å². The van der Waals surface area contributed by atoms with Crippen molar-refractivity contribution in [2.45, 2.75) is 13.3 Å². The van der Waals surface area contributed by atoms with Crippen molar-refractivity contribution in [1.82, 2.24) is 25.2 Å². The molecule has 3 heterocycles. The zero-order valence-electron chi connectivity index (χ0n) is 14.9. The molecule has 26 heavy (non-hydrogen) atoms. The van der Waals surface area contributed by atoms with Crippen LogP contribution in [0.15, 0.2) is 16.4 Å². The summed E-state index contributed by atoms with van der Waals surface area (Å²) in [6, 6.07) is 0. The van der Waals surface area contributed by atoms with E-state index in [1.165, 1.54) is 17.5 Å². The fraction of sp³-hybridized carbons (Fsp3) is 0.529. The Hall–Kier alpha value is -2.10. The molecule has 1 aliphatic heterocycles. The molecule has 0 aromatic carbocycles. The zero-order valence-corrected chi connectivity index (χ0v) is 15.8. The highest BCUT2D eigenvalue weighted by Crippen LogP contribution is 2.17. The van der Waals surface area contributed by atoms with Crippen LogP contribution in [0.25, 0.3) is 11.5 Å². The van der Waals surface area contributed by atoms with Crippen LogP contribution in [0.1, 0.15) is 21.8 Å². The maximum absolute atomic E-state index is 12.3. The number of nitrogens with zero attached hydrogens (tertiary/aromatic N) is 3. The van der Waals surface area contributed by atoms with Crippen LogP contribution in [0.4, 0.5) is 0 Å². The van der Waals surface area contributed by atoms with E-state index in [1.54, 1.807) is 7.11 Å². The first-order chi connectivity index (χ1) is 12.6. The molecule has 1 unspecified atom stereocenters. The number of H-pyrrole nitrogens is 1. The number of aromatic amines is 1. The molecule has 1 amide bonds.